The van der Waals surface area contributed by atoms with Crippen molar-refractivity contribution in [3.63, 3.8) is 0 Å². The van der Waals surface area contributed by atoms with E-state index in [4.69, 9.17) is 14.4 Å². The number of nitrogens with one attached hydrogen (secondary N) is 2. The highest BCUT2D eigenvalue weighted by atomic mass is 16.5. The monoisotopic (exact) mass is 463 g/mol. The summed E-state index contributed by atoms with van der Waals surface area (Å²) in [4.78, 5) is 35.9. The van der Waals surface area contributed by atoms with Crippen LogP contribution in [0.15, 0.2) is 59.3 Å². The van der Waals surface area contributed by atoms with Gasteiger partial charge in [-0.1, -0.05) is 60.6 Å². The number of rotatable bonds is 9. The molecule has 1 heterocycles. The van der Waals surface area contributed by atoms with Crippen LogP contribution in [0.5, 0.6) is 0 Å². The van der Waals surface area contributed by atoms with Crippen LogP contribution in [0.4, 0.5) is 4.79 Å². The van der Waals surface area contributed by atoms with E-state index >= 15 is 0 Å². The maximum atomic E-state index is 12.4. The molecule has 9 heteroatoms. The third-order valence-electron chi connectivity index (χ3n) is 5.98. The zero-order chi connectivity index (χ0) is 24.1. The second-order valence-corrected chi connectivity index (χ2v) is 8.01. The Hall–Kier alpha value is -4.14. The van der Waals surface area contributed by atoms with Crippen LogP contribution < -0.4 is 10.6 Å². The summed E-state index contributed by atoms with van der Waals surface area (Å²) in [6, 6.07) is 16.1. The van der Waals surface area contributed by atoms with E-state index in [1.54, 1.807) is 6.92 Å². The molecule has 0 radical (unpaired) electrons. The summed E-state index contributed by atoms with van der Waals surface area (Å²) in [6.07, 6.45) is 0.898. The molecule has 0 aliphatic heterocycles. The fraction of sp³-hybridized carbons (Fsp3) is 0.280. The maximum Gasteiger partial charge on any atom is 0.407 e. The number of nitrogens with zero attached hydrogens (tertiary/aromatic N) is 1. The molecule has 1 unspecified atom stereocenters. The van der Waals surface area contributed by atoms with Crippen molar-refractivity contribution in [3.05, 3.63) is 77.2 Å². The Balaban J connectivity index is 1.32. The summed E-state index contributed by atoms with van der Waals surface area (Å²) in [7, 11) is 0. The molecule has 1 aromatic heterocycles. The summed E-state index contributed by atoms with van der Waals surface area (Å²) < 4.78 is 10.4. The molecule has 1 aliphatic rings. The van der Waals surface area contributed by atoms with Crippen LogP contribution in [0.1, 0.15) is 46.4 Å². The Kier molecular flexibility index (Phi) is 6.91. The molecule has 2 aromatic carbocycles. The van der Waals surface area contributed by atoms with E-state index in [1.807, 2.05) is 36.4 Å². The third-order valence-corrected chi connectivity index (χ3v) is 5.98. The Morgan fingerprint density at radius 1 is 1.06 bits per heavy atom. The van der Waals surface area contributed by atoms with Gasteiger partial charge in [-0.05, 0) is 28.7 Å². The molecule has 1 atom stereocenters. The predicted octanol–water partition coefficient (Wildman–Crippen LogP) is 3.55. The highest BCUT2D eigenvalue weighted by Gasteiger charge is 2.29. The zero-order valence-electron chi connectivity index (χ0n) is 18.6. The first kappa shape index (κ1) is 23.0. The molecule has 4 rings (SSSR count). The molecule has 0 fully saturated rings. The molecule has 176 valence electrons. The number of fused-ring (bicyclic) bond motifs is 3. The van der Waals surface area contributed by atoms with Crippen molar-refractivity contribution in [2.75, 3.05) is 13.2 Å². The topological polar surface area (TPSA) is 131 Å². The van der Waals surface area contributed by atoms with Crippen molar-refractivity contribution < 1.29 is 28.8 Å². The van der Waals surface area contributed by atoms with Crippen LogP contribution in [0.2, 0.25) is 0 Å². The second kappa shape index (κ2) is 10.2. The molecule has 3 aromatic rings. The zero-order valence-corrected chi connectivity index (χ0v) is 18.6. The molecule has 3 N–H and O–H groups in total. The lowest BCUT2D eigenvalue weighted by Gasteiger charge is -2.14. The Bertz CT molecular complexity index is 1160. The SMILES string of the molecule is CCC(CNC(=O)c1conc1CNC(=O)OCC1c2ccccc2-c2ccccc21)C(=O)O. The van der Waals surface area contributed by atoms with Gasteiger partial charge in [0, 0.05) is 12.5 Å². The first-order chi connectivity index (χ1) is 16.5. The van der Waals surface area contributed by atoms with Crippen LogP contribution in [0, 0.1) is 5.92 Å². The maximum absolute atomic E-state index is 12.4. The van der Waals surface area contributed by atoms with Crippen molar-refractivity contribution >= 4 is 18.0 Å². The number of aromatic nitrogens is 1. The van der Waals surface area contributed by atoms with Crippen LogP contribution in [-0.2, 0) is 16.1 Å². The minimum Gasteiger partial charge on any atom is -0.481 e. The summed E-state index contributed by atoms with van der Waals surface area (Å²) >= 11 is 0. The standard InChI is InChI=1S/C25H25N3O6/c1-2-15(24(30)31)11-26-23(29)21-14-34-28-22(21)12-27-25(32)33-13-20-18-9-5-3-7-16(18)17-8-4-6-10-19(17)20/h3-10,14-15,20H,2,11-13H2,1H3,(H,26,29)(H,27,32)(H,30,31). The minimum absolute atomic E-state index is 0.0188. The number of aliphatic carboxylic acids is 1. The molecule has 0 saturated carbocycles. The smallest absolute Gasteiger partial charge is 0.407 e. The van der Waals surface area contributed by atoms with Gasteiger partial charge < -0.3 is 25.0 Å². The number of carbonyl (C=O) groups is 3. The summed E-state index contributed by atoms with van der Waals surface area (Å²) in [5, 5.41) is 18.0. The van der Waals surface area contributed by atoms with Crippen molar-refractivity contribution in [1.29, 1.82) is 0 Å². The van der Waals surface area contributed by atoms with Gasteiger partial charge in [-0.3, -0.25) is 9.59 Å². The predicted molar refractivity (Wildman–Crippen MR) is 122 cm³/mol. The van der Waals surface area contributed by atoms with Gasteiger partial charge in [-0.25, -0.2) is 4.79 Å². The Morgan fingerprint density at radius 2 is 1.71 bits per heavy atom. The lowest BCUT2D eigenvalue weighted by molar-refractivity contribution is -0.141. The fourth-order valence-electron chi connectivity index (χ4n) is 4.09. The highest BCUT2D eigenvalue weighted by Crippen LogP contribution is 2.44. The van der Waals surface area contributed by atoms with Crippen LogP contribution in [-0.4, -0.2) is 41.4 Å². The summed E-state index contributed by atoms with van der Waals surface area (Å²) in [6.45, 7) is 1.80. The van der Waals surface area contributed by atoms with Gasteiger partial charge in [0.05, 0.1) is 12.5 Å². The summed E-state index contributed by atoms with van der Waals surface area (Å²) in [5.74, 6) is -2.26. The van der Waals surface area contributed by atoms with Crippen molar-refractivity contribution in [1.82, 2.24) is 15.8 Å². The fourth-order valence-corrected chi connectivity index (χ4v) is 4.09. The lowest BCUT2D eigenvalue weighted by atomic mass is 9.98. The van der Waals surface area contributed by atoms with E-state index in [0.717, 1.165) is 28.5 Å². The molecule has 9 nitrogen and oxygen atoms in total. The molecule has 0 spiro atoms. The normalized spacial score (nSPS) is 13.0. The van der Waals surface area contributed by atoms with E-state index < -0.39 is 23.9 Å². The minimum atomic E-state index is -0.981. The van der Waals surface area contributed by atoms with Crippen molar-refractivity contribution in [2.24, 2.45) is 5.92 Å². The van der Waals surface area contributed by atoms with E-state index in [1.165, 1.54) is 0 Å². The number of amides is 2. The van der Waals surface area contributed by atoms with Crippen LogP contribution in [0.3, 0.4) is 0 Å². The number of ether oxygens (including phenoxy) is 1. The van der Waals surface area contributed by atoms with Gasteiger partial charge in [0.25, 0.3) is 5.91 Å². The molecule has 2 amide bonds. The van der Waals surface area contributed by atoms with Crippen molar-refractivity contribution in [3.8, 4) is 11.1 Å². The summed E-state index contributed by atoms with van der Waals surface area (Å²) in [5.41, 5.74) is 4.84. The number of carboxylic acid groups (broad SMARTS) is 1. The first-order valence-electron chi connectivity index (χ1n) is 11.0. The van der Waals surface area contributed by atoms with Gasteiger partial charge in [0.15, 0.2) is 0 Å². The van der Waals surface area contributed by atoms with Crippen LogP contribution >= 0.6 is 0 Å². The molecule has 1 aliphatic carbocycles. The number of benzene rings is 2. The first-order valence-corrected chi connectivity index (χ1v) is 11.0. The van der Waals surface area contributed by atoms with E-state index in [2.05, 4.69) is 27.9 Å². The largest absolute Gasteiger partial charge is 0.481 e. The van der Waals surface area contributed by atoms with Gasteiger partial charge >= 0.3 is 12.1 Å². The molecule has 0 saturated heterocycles. The Labute approximate surface area is 196 Å². The number of hydrogen-bond donors (Lipinski definition) is 3. The molecule has 34 heavy (non-hydrogen) atoms. The number of hydrogen-bond acceptors (Lipinski definition) is 6. The third kappa shape index (κ3) is 4.78. The van der Waals surface area contributed by atoms with Crippen LogP contribution in [0.25, 0.3) is 11.1 Å². The lowest BCUT2D eigenvalue weighted by Crippen LogP contribution is -2.33. The highest BCUT2D eigenvalue weighted by molar-refractivity contribution is 5.95. The number of alkyl carbamates (subject to hydrolysis) is 1. The van der Waals surface area contributed by atoms with E-state index in [9.17, 15) is 14.4 Å². The van der Waals surface area contributed by atoms with E-state index in [0.29, 0.717) is 6.42 Å². The Morgan fingerprint density at radius 3 is 2.32 bits per heavy atom. The van der Waals surface area contributed by atoms with Crippen molar-refractivity contribution in [2.45, 2.75) is 25.8 Å². The average molecular weight is 463 g/mol. The molecular formula is C25H25N3O6. The number of carboxylic acids is 1. The van der Waals surface area contributed by atoms with Gasteiger partial charge in [-0.15, -0.1) is 0 Å². The molecule has 0 bridgehead atoms. The van der Waals surface area contributed by atoms with E-state index in [-0.39, 0.29) is 36.9 Å². The number of carbonyl (C=O) groups excluding carboxylic acids is 2. The average Bonchev–Trinajstić information content (AvgIpc) is 3.44. The molecular weight excluding hydrogens is 438 g/mol. The van der Waals surface area contributed by atoms with Gasteiger partial charge in [-0.2, -0.15) is 0 Å². The quantitative estimate of drug-likeness (QED) is 0.442. The van der Waals surface area contributed by atoms with Gasteiger partial charge in [0.1, 0.15) is 24.1 Å². The second-order valence-electron chi connectivity index (χ2n) is 8.01. The van der Waals surface area contributed by atoms with Gasteiger partial charge in [0.2, 0.25) is 0 Å².